The third-order valence-corrected chi connectivity index (χ3v) is 2.83. The zero-order valence-electron chi connectivity index (χ0n) is 9.72. The van der Waals surface area contributed by atoms with Crippen molar-refractivity contribution in [1.29, 1.82) is 0 Å². The summed E-state index contributed by atoms with van der Waals surface area (Å²) in [6.07, 6.45) is 2.03. The van der Waals surface area contributed by atoms with Crippen molar-refractivity contribution in [3.63, 3.8) is 0 Å². The SMILES string of the molecule is CCCCNC(=O)CNc1ccc(F)c(Br)c1. The molecular formula is C12H16BrFN2O. The van der Waals surface area contributed by atoms with Crippen LogP contribution in [-0.2, 0) is 4.79 Å². The molecule has 0 atom stereocenters. The molecule has 0 fully saturated rings. The monoisotopic (exact) mass is 302 g/mol. The highest BCUT2D eigenvalue weighted by Crippen LogP contribution is 2.19. The molecule has 0 saturated carbocycles. The average molecular weight is 303 g/mol. The molecule has 0 radical (unpaired) electrons. The van der Waals surface area contributed by atoms with Crippen molar-refractivity contribution in [2.24, 2.45) is 0 Å². The minimum Gasteiger partial charge on any atom is -0.376 e. The summed E-state index contributed by atoms with van der Waals surface area (Å²) < 4.78 is 13.3. The van der Waals surface area contributed by atoms with E-state index in [1.807, 2.05) is 0 Å². The van der Waals surface area contributed by atoms with Crippen LogP contribution in [-0.4, -0.2) is 19.0 Å². The normalized spacial score (nSPS) is 10.1. The predicted molar refractivity (Wildman–Crippen MR) is 70.5 cm³/mol. The first kappa shape index (κ1) is 14.0. The number of rotatable bonds is 6. The molecule has 0 bridgehead atoms. The molecule has 0 saturated heterocycles. The molecule has 1 amide bonds. The van der Waals surface area contributed by atoms with E-state index in [4.69, 9.17) is 0 Å². The van der Waals surface area contributed by atoms with E-state index >= 15 is 0 Å². The molecule has 0 aromatic heterocycles. The number of amides is 1. The lowest BCUT2D eigenvalue weighted by molar-refractivity contribution is -0.119. The lowest BCUT2D eigenvalue weighted by Gasteiger charge is -2.07. The van der Waals surface area contributed by atoms with Crippen molar-refractivity contribution in [2.75, 3.05) is 18.4 Å². The van der Waals surface area contributed by atoms with Crippen molar-refractivity contribution >= 4 is 27.5 Å². The maximum atomic E-state index is 12.9. The Morgan fingerprint density at radius 1 is 1.47 bits per heavy atom. The molecule has 3 nitrogen and oxygen atoms in total. The molecule has 94 valence electrons. The Balaban J connectivity index is 2.34. The van der Waals surface area contributed by atoms with Gasteiger partial charge in [0.05, 0.1) is 11.0 Å². The first-order chi connectivity index (χ1) is 8.13. The van der Waals surface area contributed by atoms with E-state index in [0.29, 0.717) is 16.7 Å². The van der Waals surface area contributed by atoms with Crippen LogP contribution >= 0.6 is 15.9 Å². The number of benzene rings is 1. The number of hydrogen-bond donors (Lipinski definition) is 2. The van der Waals surface area contributed by atoms with E-state index in [1.54, 1.807) is 12.1 Å². The summed E-state index contributed by atoms with van der Waals surface area (Å²) in [4.78, 5) is 11.4. The van der Waals surface area contributed by atoms with Crippen LogP contribution in [0.15, 0.2) is 22.7 Å². The number of nitrogens with one attached hydrogen (secondary N) is 2. The maximum Gasteiger partial charge on any atom is 0.239 e. The first-order valence-electron chi connectivity index (χ1n) is 5.59. The number of carbonyl (C=O) groups is 1. The Morgan fingerprint density at radius 2 is 2.24 bits per heavy atom. The van der Waals surface area contributed by atoms with E-state index < -0.39 is 0 Å². The molecule has 0 aliphatic rings. The highest BCUT2D eigenvalue weighted by molar-refractivity contribution is 9.10. The summed E-state index contributed by atoms with van der Waals surface area (Å²) in [5, 5.41) is 5.72. The Morgan fingerprint density at radius 3 is 2.88 bits per heavy atom. The van der Waals surface area contributed by atoms with Gasteiger partial charge < -0.3 is 10.6 Å². The summed E-state index contributed by atoms with van der Waals surface area (Å²) in [5.74, 6) is -0.373. The van der Waals surface area contributed by atoms with Gasteiger partial charge in [-0.2, -0.15) is 0 Å². The van der Waals surface area contributed by atoms with Crippen LogP contribution in [0.1, 0.15) is 19.8 Å². The Bertz CT molecular complexity index is 385. The smallest absolute Gasteiger partial charge is 0.239 e. The van der Waals surface area contributed by atoms with Gasteiger partial charge in [-0.05, 0) is 40.5 Å². The summed E-state index contributed by atoms with van der Waals surface area (Å²) in [5.41, 5.74) is 0.712. The van der Waals surface area contributed by atoms with Crippen LogP contribution in [0.3, 0.4) is 0 Å². The van der Waals surface area contributed by atoms with E-state index in [9.17, 15) is 9.18 Å². The van der Waals surface area contributed by atoms with Gasteiger partial charge in [-0.25, -0.2) is 4.39 Å². The number of anilines is 1. The quantitative estimate of drug-likeness (QED) is 0.793. The van der Waals surface area contributed by atoms with Crippen molar-refractivity contribution in [3.8, 4) is 0 Å². The second-order valence-electron chi connectivity index (χ2n) is 3.69. The van der Waals surface area contributed by atoms with E-state index in [0.717, 1.165) is 12.8 Å². The van der Waals surface area contributed by atoms with Gasteiger partial charge in [-0.1, -0.05) is 13.3 Å². The zero-order valence-corrected chi connectivity index (χ0v) is 11.3. The molecule has 0 unspecified atom stereocenters. The molecule has 1 aromatic carbocycles. The van der Waals surface area contributed by atoms with Crippen molar-refractivity contribution < 1.29 is 9.18 Å². The van der Waals surface area contributed by atoms with Crippen LogP contribution < -0.4 is 10.6 Å². The van der Waals surface area contributed by atoms with Crippen LogP contribution in [0.4, 0.5) is 10.1 Å². The van der Waals surface area contributed by atoms with Gasteiger partial charge in [0.25, 0.3) is 0 Å². The minimum atomic E-state index is -0.317. The fourth-order valence-electron chi connectivity index (χ4n) is 1.26. The van der Waals surface area contributed by atoms with Gasteiger partial charge in [0, 0.05) is 12.2 Å². The maximum absolute atomic E-state index is 12.9. The first-order valence-corrected chi connectivity index (χ1v) is 6.38. The van der Waals surface area contributed by atoms with Gasteiger partial charge in [0.1, 0.15) is 5.82 Å². The second-order valence-corrected chi connectivity index (χ2v) is 4.54. The molecule has 1 aromatic rings. The number of carbonyl (C=O) groups excluding carboxylic acids is 1. The van der Waals surface area contributed by atoms with E-state index in [1.165, 1.54) is 6.07 Å². The summed E-state index contributed by atoms with van der Waals surface area (Å²) in [7, 11) is 0. The standard InChI is InChI=1S/C12H16BrFN2O/c1-2-3-6-15-12(17)8-16-9-4-5-11(14)10(13)7-9/h4-5,7,16H,2-3,6,8H2,1H3,(H,15,17). The predicted octanol–water partition coefficient (Wildman–Crippen LogP) is 2.92. The molecule has 5 heteroatoms. The third kappa shape index (κ3) is 5.17. The highest BCUT2D eigenvalue weighted by Gasteiger charge is 2.02. The van der Waals surface area contributed by atoms with Gasteiger partial charge in [-0.15, -0.1) is 0 Å². The van der Waals surface area contributed by atoms with Crippen LogP contribution in [0.5, 0.6) is 0 Å². The molecule has 0 aliphatic carbocycles. The minimum absolute atomic E-state index is 0.0566. The van der Waals surface area contributed by atoms with Crippen LogP contribution in [0.2, 0.25) is 0 Å². The number of unbranched alkanes of at least 4 members (excludes halogenated alkanes) is 1. The summed E-state index contributed by atoms with van der Waals surface area (Å²) >= 11 is 3.09. The second kappa shape index (κ2) is 7.27. The lowest BCUT2D eigenvalue weighted by Crippen LogP contribution is -2.30. The van der Waals surface area contributed by atoms with Gasteiger partial charge in [-0.3, -0.25) is 4.79 Å². The lowest BCUT2D eigenvalue weighted by atomic mass is 10.3. The summed E-state index contributed by atoms with van der Waals surface area (Å²) in [6.45, 7) is 2.96. The van der Waals surface area contributed by atoms with Gasteiger partial charge >= 0.3 is 0 Å². The molecule has 0 spiro atoms. The van der Waals surface area contributed by atoms with E-state index in [-0.39, 0.29) is 18.3 Å². The fourth-order valence-corrected chi connectivity index (χ4v) is 1.63. The van der Waals surface area contributed by atoms with Gasteiger partial charge in [0.2, 0.25) is 5.91 Å². The van der Waals surface area contributed by atoms with Gasteiger partial charge in [0.15, 0.2) is 0 Å². The van der Waals surface area contributed by atoms with Crippen molar-refractivity contribution in [1.82, 2.24) is 5.32 Å². The average Bonchev–Trinajstić information content (AvgIpc) is 2.31. The number of hydrogen-bond acceptors (Lipinski definition) is 2. The molecule has 1 rings (SSSR count). The number of halogens is 2. The molecule has 0 aliphatic heterocycles. The van der Waals surface area contributed by atoms with Crippen LogP contribution in [0, 0.1) is 5.82 Å². The fraction of sp³-hybridized carbons (Fsp3) is 0.417. The molecule has 17 heavy (non-hydrogen) atoms. The Kier molecular flexibility index (Phi) is 5.97. The topological polar surface area (TPSA) is 41.1 Å². The molecule has 0 heterocycles. The van der Waals surface area contributed by atoms with Crippen LogP contribution in [0.25, 0.3) is 0 Å². The summed E-state index contributed by atoms with van der Waals surface area (Å²) in [6, 6.07) is 4.55. The van der Waals surface area contributed by atoms with Crippen molar-refractivity contribution in [3.05, 3.63) is 28.5 Å². The largest absolute Gasteiger partial charge is 0.376 e. The Labute approximate surface area is 109 Å². The third-order valence-electron chi connectivity index (χ3n) is 2.23. The Hall–Kier alpha value is -1.10. The van der Waals surface area contributed by atoms with Crippen molar-refractivity contribution in [2.45, 2.75) is 19.8 Å². The highest BCUT2D eigenvalue weighted by atomic mass is 79.9. The van der Waals surface area contributed by atoms with E-state index in [2.05, 4.69) is 33.5 Å². The molecule has 2 N–H and O–H groups in total. The zero-order chi connectivity index (χ0) is 12.7. The molecular weight excluding hydrogens is 287 g/mol.